The van der Waals surface area contributed by atoms with Crippen LogP contribution in [-0.2, 0) is 0 Å². The summed E-state index contributed by atoms with van der Waals surface area (Å²) < 4.78 is 0. The van der Waals surface area contributed by atoms with Crippen LogP contribution in [0, 0.1) is 5.41 Å². The van der Waals surface area contributed by atoms with Crippen molar-refractivity contribution in [3.05, 3.63) is 35.4 Å². The van der Waals surface area contributed by atoms with Crippen molar-refractivity contribution in [1.82, 2.24) is 9.80 Å². The van der Waals surface area contributed by atoms with E-state index in [0.717, 1.165) is 19.5 Å². The zero-order chi connectivity index (χ0) is 15.9. The summed E-state index contributed by atoms with van der Waals surface area (Å²) in [7, 11) is 0. The highest BCUT2D eigenvalue weighted by atomic mass is 16.2. The van der Waals surface area contributed by atoms with Gasteiger partial charge >= 0.3 is 0 Å². The van der Waals surface area contributed by atoms with Crippen molar-refractivity contribution < 1.29 is 9.59 Å². The third-order valence-electron chi connectivity index (χ3n) is 4.91. The summed E-state index contributed by atoms with van der Waals surface area (Å²) in [5.74, 6) is -0.345. The third-order valence-corrected chi connectivity index (χ3v) is 4.91. The van der Waals surface area contributed by atoms with E-state index in [1.807, 2.05) is 0 Å². The lowest BCUT2D eigenvalue weighted by Gasteiger charge is -2.42. The molecule has 1 unspecified atom stereocenters. The first-order valence-electron chi connectivity index (χ1n) is 7.83. The van der Waals surface area contributed by atoms with Gasteiger partial charge in [-0.15, -0.1) is 0 Å². The molecule has 2 aliphatic rings. The molecule has 1 aromatic carbocycles. The summed E-state index contributed by atoms with van der Waals surface area (Å²) in [6, 6.07) is 7.24. The summed E-state index contributed by atoms with van der Waals surface area (Å²) in [6.07, 6.45) is 0.953. The summed E-state index contributed by atoms with van der Waals surface area (Å²) in [5, 5.41) is 0. The number of fused-ring (bicyclic) bond motifs is 1. The maximum absolute atomic E-state index is 12.3. The largest absolute Gasteiger partial charge is 0.327 e. The van der Waals surface area contributed by atoms with Crippen molar-refractivity contribution in [3.63, 3.8) is 0 Å². The molecule has 118 valence electrons. The van der Waals surface area contributed by atoms with E-state index in [1.54, 1.807) is 24.3 Å². The number of rotatable bonds is 3. The number of hydrogen-bond acceptors (Lipinski definition) is 4. The van der Waals surface area contributed by atoms with Crippen LogP contribution in [0.2, 0.25) is 0 Å². The fraction of sp³-hybridized carbons (Fsp3) is 0.529. The number of imide groups is 1. The van der Waals surface area contributed by atoms with Gasteiger partial charge in [-0.1, -0.05) is 26.0 Å². The minimum Gasteiger partial charge on any atom is -0.327 e. The molecule has 0 radical (unpaired) electrons. The maximum atomic E-state index is 12.3. The van der Waals surface area contributed by atoms with Gasteiger partial charge in [0.15, 0.2) is 0 Å². The third kappa shape index (κ3) is 2.55. The van der Waals surface area contributed by atoms with Crippen LogP contribution in [0.1, 0.15) is 41.0 Å². The SMILES string of the molecule is CC1(C)CN(CCN2C(=O)c3ccccc3C2=O)CCC1N. The van der Waals surface area contributed by atoms with Crippen LogP contribution in [-0.4, -0.2) is 53.8 Å². The van der Waals surface area contributed by atoms with Gasteiger partial charge in [-0.25, -0.2) is 0 Å². The van der Waals surface area contributed by atoms with E-state index in [1.165, 1.54) is 4.90 Å². The second kappa shape index (κ2) is 5.48. The lowest BCUT2D eigenvalue weighted by Crippen LogP contribution is -2.53. The first-order valence-corrected chi connectivity index (χ1v) is 7.83. The highest BCUT2D eigenvalue weighted by Gasteiger charge is 2.37. The summed E-state index contributed by atoms with van der Waals surface area (Å²) in [4.78, 5) is 28.3. The molecule has 2 heterocycles. The first-order chi connectivity index (χ1) is 10.4. The van der Waals surface area contributed by atoms with Gasteiger partial charge in [-0.2, -0.15) is 0 Å². The predicted octanol–water partition coefficient (Wildman–Crippen LogP) is 1.34. The molecule has 2 amide bonds. The monoisotopic (exact) mass is 301 g/mol. The number of benzene rings is 1. The molecule has 22 heavy (non-hydrogen) atoms. The van der Waals surface area contributed by atoms with Gasteiger partial charge in [0, 0.05) is 25.7 Å². The molecule has 0 spiro atoms. The second-order valence-corrected chi connectivity index (χ2v) is 6.97. The van der Waals surface area contributed by atoms with E-state index >= 15 is 0 Å². The summed E-state index contributed by atoms with van der Waals surface area (Å²) >= 11 is 0. The summed E-state index contributed by atoms with van der Waals surface area (Å²) in [6.45, 7) is 7.32. The predicted molar refractivity (Wildman–Crippen MR) is 84.6 cm³/mol. The Balaban J connectivity index is 1.64. The molecule has 1 aromatic rings. The minimum absolute atomic E-state index is 0.0697. The van der Waals surface area contributed by atoms with Crippen molar-refractivity contribution in [2.75, 3.05) is 26.2 Å². The summed E-state index contributed by atoms with van der Waals surface area (Å²) in [5.41, 5.74) is 7.26. The molecule has 0 aromatic heterocycles. The van der Waals surface area contributed by atoms with Crippen LogP contribution in [0.25, 0.3) is 0 Å². The zero-order valence-corrected chi connectivity index (χ0v) is 13.2. The highest BCUT2D eigenvalue weighted by molar-refractivity contribution is 6.21. The number of hydrogen-bond donors (Lipinski definition) is 1. The quantitative estimate of drug-likeness (QED) is 0.856. The Morgan fingerprint density at radius 1 is 1.14 bits per heavy atom. The van der Waals surface area contributed by atoms with Crippen LogP contribution in [0.15, 0.2) is 24.3 Å². The minimum atomic E-state index is -0.173. The normalized spacial score (nSPS) is 24.7. The molecule has 5 nitrogen and oxygen atoms in total. The van der Waals surface area contributed by atoms with Gasteiger partial charge in [-0.3, -0.25) is 14.5 Å². The Morgan fingerprint density at radius 2 is 1.73 bits per heavy atom. The van der Waals surface area contributed by atoms with E-state index in [4.69, 9.17) is 5.73 Å². The van der Waals surface area contributed by atoms with Gasteiger partial charge < -0.3 is 10.6 Å². The van der Waals surface area contributed by atoms with Gasteiger partial charge in [-0.05, 0) is 30.5 Å². The molecule has 0 saturated carbocycles. The van der Waals surface area contributed by atoms with Crippen molar-refractivity contribution in [2.24, 2.45) is 11.1 Å². The van der Waals surface area contributed by atoms with Crippen molar-refractivity contribution in [2.45, 2.75) is 26.3 Å². The molecule has 2 aliphatic heterocycles. The molecule has 1 fully saturated rings. The Bertz CT molecular complexity index is 577. The van der Waals surface area contributed by atoms with Crippen LogP contribution < -0.4 is 5.73 Å². The fourth-order valence-electron chi connectivity index (χ4n) is 3.36. The Labute approximate surface area is 131 Å². The Morgan fingerprint density at radius 3 is 2.27 bits per heavy atom. The zero-order valence-electron chi connectivity index (χ0n) is 13.2. The van der Waals surface area contributed by atoms with Gasteiger partial charge in [0.2, 0.25) is 0 Å². The van der Waals surface area contributed by atoms with Crippen LogP contribution >= 0.6 is 0 Å². The average molecular weight is 301 g/mol. The standard InChI is InChI=1S/C17H23N3O2/c1-17(2)11-19(8-7-14(17)18)9-10-20-15(21)12-5-3-4-6-13(12)16(20)22/h3-6,14H,7-11,18H2,1-2H3. The molecule has 0 aliphatic carbocycles. The Kier molecular flexibility index (Phi) is 3.78. The lowest BCUT2D eigenvalue weighted by molar-refractivity contribution is 0.0578. The number of amides is 2. The number of carbonyl (C=O) groups is 2. The second-order valence-electron chi connectivity index (χ2n) is 6.97. The molecular weight excluding hydrogens is 278 g/mol. The van der Waals surface area contributed by atoms with Gasteiger partial charge in [0.25, 0.3) is 11.8 Å². The molecule has 0 bridgehead atoms. The van der Waals surface area contributed by atoms with E-state index in [-0.39, 0.29) is 23.3 Å². The molecule has 3 rings (SSSR count). The van der Waals surface area contributed by atoms with Crippen LogP contribution in [0.5, 0.6) is 0 Å². The van der Waals surface area contributed by atoms with E-state index in [2.05, 4.69) is 18.7 Å². The van der Waals surface area contributed by atoms with Gasteiger partial charge in [0.05, 0.1) is 11.1 Å². The first kappa shape index (κ1) is 15.2. The molecular formula is C17H23N3O2. The highest BCUT2D eigenvalue weighted by Crippen LogP contribution is 2.28. The van der Waals surface area contributed by atoms with E-state index < -0.39 is 0 Å². The molecule has 1 saturated heterocycles. The molecule has 1 atom stereocenters. The topological polar surface area (TPSA) is 66.6 Å². The molecule has 2 N–H and O–H groups in total. The molecule has 5 heteroatoms. The van der Waals surface area contributed by atoms with E-state index in [9.17, 15) is 9.59 Å². The number of piperidine rings is 1. The van der Waals surface area contributed by atoms with E-state index in [0.29, 0.717) is 24.2 Å². The number of likely N-dealkylation sites (tertiary alicyclic amines) is 1. The smallest absolute Gasteiger partial charge is 0.261 e. The number of carbonyl (C=O) groups excluding carboxylic acids is 2. The van der Waals surface area contributed by atoms with Crippen LogP contribution in [0.3, 0.4) is 0 Å². The van der Waals surface area contributed by atoms with Gasteiger partial charge in [0.1, 0.15) is 0 Å². The fourth-order valence-corrected chi connectivity index (χ4v) is 3.36. The average Bonchev–Trinajstić information content (AvgIpc) is 2.73. The number of nitrogens with zero attached hydrogens (tertiary/aromatic N) is 2. The number of nitrogens with two attached hydrogens (primary N) is 1. The van der Waals surface area contributed by atoms with Crippen molar-refractivity contribution >= 4 is 11.8 Å². The van der Waals surface area contributed by atoms with Crippen molar-refractivity contribution in [3.8, 4) is 0 Å². The maximum Gasteiger partial charge on any atom is 0.261 e. The Hall–Kier alpha value is -1.72. The van der Waals surface area contributed by atoms with Crippen LogP contribution in [0.4, 0.5) is 0 Å². The lowest BCUT2D eigenvalue weighted by atomic mass is 9.80. The van der Waals surface area contributed by atoms with Crippen molar-refractivity contribution in [1.29, 1.82) is 0 Å².